The van der Waals surface area contributed by atoms with Crippen LogP contribution in [0.3, 0.4) is 0 Å². The van der Waals surface area contributed by atoms with Crippen LogP contribution in [0.1, 0.15) is 32.6 Å². The standard InChI is InChI=1S/C5H9.C3H8N.C2H4O3.H3N.Pt/c1-2-4-5-3-1;1-3(2)4;3-1-2(4)5;;/h1H,2-5H2;3H,1,4H2,2H3;3H,1H2,(H,4,5);1H3;. The van der Waals surface area contributed by atoms with Crippen molar-refractivity contribution in [3.63, 3.8) is 0 Å². The van der Waals surface area contributed by atoms with Gasteiger partial charge in [0.15, 0.2) is 0 Å². The summed E-state index contributed by atoms with van der Waals surface area (Å²) < 4.78 is 1.13. The van der Waals surface area contributed by atoms with Gasteiger partial charge in [-0.2, -0.15) is 0 Å². The number of aliphatic hydroxyl groups excluding tert-OH is 1. The van der Waals surface area contributed by atoms with Gasteiger partial charge in [0.1, 0.15) is 6.61 Å². The Morgan fingerprint density at radius 1 is 1.50 bits per heavy atom. The number of rotatable bonds is 4. The minimum atomic E-state index is -1.19. The third-order valence-corrected chi connectivity index (χ3v) is 6.47. The van der Waals surface area contributed by atoms with E-state index in [-0.39, 0.29) is 6.15 Å². The number of nitrogens with two attached hydrogens (primary N) is 1. The minimum Gasteiger partial charge on any atom is -0.480 e. The molecule has 0 heterocycles. The van der Waals surface area contributed by atoms with Gasteiger partial charge >= 0.3 is 78.0 Å². The first kappa shape index (κ1) is 18.4. The molecule has 5 nitrogen and oxygen atoms in total. The second kappa shape index (κ2) is 11.5. The Morgan fingerprint density at radius 3 is 2.25 bits per heavy atom. The first-order valence-corrected chi connectivity index (χ1v) is 8.06. The molecule has 0 spiro atoms. The van der Waals surface area contributed by atoms with E-state index in [0.29, 0.717) is 24.6 Å². The molecule has 1 atom stereocenters. The zero-order valence-corrected chi connectivity index (χ0v) is 12.1. The van der Waals surface area contributed by atoms with Crippen LogP contribution in [0.2, 0.25) is 9.12 Å². The maximum atomic E-state index is 9.12. The molecule has 1 aliphatic rings. The van der Waals surface area contributed by atoms with E-state index < -0.39 is 12.6 Å². The molecule has 0 aromatic rings. The van der Waals surface area contributed by atoms with Gasteiger partial charge in [-0.15, -0.1) is 0 Å². The number of carbonyl (C=O) groups is 1. The zero-order chi connectivity index (χ0) is 11.7. The second-order valence-electron chi connectivity index (χ2n) is 3.62. The van der Waals surface area contributed by atoms with Gasteiger partial charge in [-0.1, -0.05) is 0 Å². The second-order valence-corrected chi connectivity index (χ2v) is 7.33. The summed E-state index contributed by atoms with van der Waals surface area (Å²) in [5, 5.41) is 15.0. The molecule has 0 amide bonds. The summed E-state index contributed by atoms with van der Waals surface area (Å²) in [6.45, 7) is 1.36. The largest absolute Gasteiger partial charge is 0.480 e. The van der Waals surface area contributed by atoms with E-state index in [9.17, 15) is 0 Å². The van der Waals surface area contributed by atoms with Crippen LogP contribution in [0.4, 0.5) is 0 Å². The van der Waals surface area contributed by atoms with Crippen molar-refractivity contribution >= 4 is 5.97 Å². The van der Waals surface area contributed by atoms with Gasteiger partial charge in [0.05, 0.1) is 0 Å². The van der Waals surface area contributed by atoms with Crippen molar-refractivity contribution in [2.24, 2.45) is 5.73 Å². The molecule has 7 N–H and O–H groups in total. The van der Waals surface area contributed by atoms with E-state index in [1.807, 2.05) is 0 Å². The van der Waals surface area contributed by atoms with Gasteiger partial charge in [0, 0.05) is 0 Å². The normalized spacial score (nSPS) is 17.2. The smallest absolute Gasteiger partial charge is 0.329 e. The predicted molar refractivity (Wildman–Crippen MR) is 60.4 cm³/mol. The van der Waals surface area contributed by atoms with Gasteiger partial charge < -0.3 is 16.4 Å². The fourth-order valence-electron chi connectivity index (χ4n) is 1.20. The van der Waals surface area contributed by atoms with Crippen molar-refractivity contribution in [3.8, 4) is 0 Å². The molecule has 0 saturated heterocycles. The molecule has 6 heteroatoms. The van der Waals surface area contributed by atoms with Crippen molar-refractivity contribution in [3.05, 3.63) is 0 Å². The zero-order valence-electron chi connectivity index (χ0n) is 9.80. The van der Waals surface area contributed by atoms with Crippen LogP contribution < -0.4 is 11.9 Å². The number of aliphatic hydroxyl groups is 1. The fourth-order valence-corrected chi connectivity index (χ4v) is 4.66. The molecule has 1 unspecified atom stereocenters. The Balaban J connectivity index is 0. The van der Waals surface area contributed by atoms with Gasteiger partial charge in [-0.25, -0.2) is 4.79 Å². The van der Waals surface area contributed by atoms with Crippen LogP contribution >= 0.6 is 0 Å². The van der Waals surface area contributed by atoms with Crippen LogP contribution in [0.15, 0.2) is 0 Å². The Labute approximate surface area is 106 Å². The van der Waals surface area contributed by atoms with E-state index in [0.717, 1.165) is 4.31 Å². The molecular formula is C10H24N2O3Pt. The molecule has 0 aromatic heterocycles. The molecule has 1 saturated carbocycles. The van der Waals surface area contributed by atoms with Crippen molar-refractivity contribution in [2.75, 3.05) is 6.61 Å². The third kappa shape index (κ3) is 12.1. The molecule has 16 heavy (non-hydrogen) atoms. The molecule has 0 aliphatic heterocycles. The maximum absolute atomic E-state index is 9.12. The summed E-state index contributed by atoms with van der Waals surface area (Å²) in [5.41, 5.74) is 5.70. The summed E-state index contributed by atoms with van der Waals surface area (Å²) in [6.07, 6.45) is 6.01. The summed E-state index contributed by atoms with van der Waals surface area (Å²) in [6, 6.07) is 0.467. The maximum Gasteiger partial charge on any atom is 0.329 e. The van der Waals surface area contributed by atoms with E-state index in [2.05, 4.69) is 6.92 Å². The van der Waals surface area contributed by atoms with E-state index in [1.54, 1.807) is 0 Å². The summed E-state index contributed by atoms with van der Waals surface area (Å²) in [5.74, 6) is -1.19. The number of carboxylic acids is 1. The van der Waals surface area contributed by atoms with Crippen molar-refractivity contribution < 1.29 is 33.6 Å². The number of hydrogen-bond acceptors (Lipinski definition) is 4. The Morgan fingerprint density at radius 2 is 1.94 bits per heavy atom. The van der Waals surface area contributed by atoms with E-state index >= 15 is 0 Å². The van der Waals surface area contributed by atoms with Crippen molar-refractivity contribution in [1.82, 2.24) is 6.15 Å². The molecule has 1 fully saturated rings. The van der Waals surface area contributed by atoms with Crippen molar-refractivity contribution in [2.45, 2.75) is 47.8 Å². The summed E-state index contributed by atoms with van der Waals surface area (Å²) in [7, 11) is 0. The Hall–Kier alpha value is 0.0383. The topological polar surface area (TPSA) is 119 Å². The molecule has 0 aromatic carbocycles. The molecule has 0 radical (unpaired) electrons. The van der Waals surface area contributed by atoms with Crippen molar-refractivity contribution in [1.29, 1.82) is 0 Å². The molecule has 0 bridgehead atoms. The van der Waals surface area contributed by atoms with Gasteiger partial charge in [-0.05, 0) is 0 Å². The van der Waals surface area contributed by atoms with Gasteiger partial charge in [0.25, 0.3) is 0 Å². The monoisotopic (exact) mass is 415 g/mol. The Bertz CT molecular complexity index is 173. The third-order valence-electron chi connectivity index (χ3n) is 1.85. The van der Waals surface area contributed by atoms with E-state index in [4.69, 9.17) is 20.7 Å². The number of carboxylic acid groups (broad SMARTS) is 1. The Kier molecular flexibility index (Phi) is 13.3. The quantitative estimate of drug-likeness (QED) is 0.554. The predicted octanol–water partition coefficient (Wildman–Crippen LogP) is 1.42. The van der Waals surface area contributed by atoms with Crippen LogP contribution in [0.5, 0.6) is 0 Å². The SMILES string of the molecule is CC(N)[CH2][Pt][CH]1CCCC1.N.O=C(O)CO. The van der Waals surface area contributed by atoms with Crippen LogP contribution in [-0.2, 0) is 23.4 Å². The average Bonchev–Trinajstić information content (AvgIpc) is 2.68. The fraction of sp³-hybridized carbons (Fsp3) is 0.900. The first-order valence-electron chi connectivity index (χ1n) is 5.14. The van der Waals surface area contributed by atoms with Crippen LogP contribution in [0.25, 0.3) is 0 Å². The molecule has 102 valence electrons. The van der Waals surface area contributed by atoms with Gasteiger partial charge in [-0.3, -0.25) is 0 Å². The number of hydrogen-bond donors (Lipinski definition) is 4. The van der Waals surface area contributed by atoms with Crippen LogP contribution in [0, 0.1) is 0 Å². The summed E-state index contributed by atoms with van der Waals surface area (Å²) in [4.78, 5) is 10.5. The average molecular weight is 415 g/mol. The van der Waals surface area contributed by atoms with Crippen LogP contribution in [-0.4, -0.2) is 28.8 Å². The molecule has 1 aliphatic carbocycles. The molecule has 1 rings (SSSR count). The molecular weight excluding hydrogens is 391 g/mol. The first-order chi connectivity index (χ1) is 7.06. The number of aliphatic carboxylic acids is 1. The van der Waals surface area contributed by atoms with E-state index in [1.165, 1.54) is 30.5 Å². The minimum absolute atomic E-state index is 0. The van der Waals surface area contributed by atoms with Gasteiger partial charge in [0.2, 0.25) is 0 Å². The summed E-state index contributed by atoms with van der Waals surface area (Å²) >= 11 is 0.447.